The number of nitrogens with one attached hydrogen (secondary N) is 1. The zero-order valence-corrected chi connectivity index (χ0v) is 15.6. The largest absolute Gasteiger partial charge is 0.492 e. The van der Waals surface area contributed by atoms with E-state index in [-0.39, 0.29) is 0 Å². The van der Waals surface area contributed by atoms with Crippen LogP contribution in [0.15, 0.2) is 45.3 Å². The van der Waals surface area contributed by atoms with E-state index < -0.39 is 0 Å². The Morgan fingerprint density at radius 1 is 1.14 bits per heavy atom. The van der Waals surface area contributed by atoms with Crippen molar-refractivity contribution in [3.05, 3.63) is 61.5 Å². The summed E-state index contributed by atoms with van der Waals surface area (Å²) in [6.07, 6.45) is 0. The third-order valence-corrected chi connectivity index (χ3v) is 4.19. The van der Waals surface area contributed by atoms with Gasteiger partial charge in [0.15, 0.2) is 0 Å². The molecule has 0 saturated heterocycles. The predicted octanol–water partition coefficient (Wildman–Crippen LogP) is 5.55. The van der Waals surface area contributed by atoms with Crippen molar-refractivity contribution in [2.45, 2.75) is 20.0 Å². The monoisotopic (exact) mass is 431 g/mol. The highest BCUT2D eigenvalue weighted by atomic mass is 79.9. The Morgan fingerprint density at radius 3 is 2.67 bits per heavy atom. The van der Waals surface area contributed by atoms with Crippen molar-refractivity contribution in [2.75, 3.05) is 6.61 Å². The standard InChI is InChI=1S/C16H16Br2ClNO/c1-2-21-16-12(7-13(17)8-15(16)18)10-20-9-11-4-3-5-14(19)6-11/h3-8,20H,2,9-10H2,1H3. The molecule has 2 aromatic carbocycles. The fraction of sp³-hybridized carbons (Fsp3) is 0.250. The normalized spacial score (nSPS) is 10.7. The maximum atomic E-state index is 5.99. The smallest absolute Gasteiger partial charge is 0.138 e. The van der Waals surface area contributed by atoms with Gasteiger partial charge in [-0.1, -0.05) is 39.7 Å². The van der Waals surface area contributed by atoms with Crippen molar-refractivity contribution in [3.63, 3.8) is 0 Å². The van der Waals surface area contributed by atoms with Crippen LogP contribution in [0.3, 0.4) is 0 Å². The Balaban J connectivity index is 2.05. The zero-order valence-electron chi connectivity index (χ0n) is 11.6. The fourth-order valence-corrected chi connectivity index (χ4v) is 3.68. The van der Waals surface area contributed by atoms with Crippen LogP contribution >= 0.6 is 43.5 Å². The van der Waals surface area contributed by atoms with E-state index in [9.17, 15) is 0 Å². The van der Waals surface area contributed by atoms with Gasteiger partial charge in [-0.05, 0) is 52.7 Å². The van der Waals surface area contributed by atoms with Gasteiger partial charge in [0, 0.05) is 28.1 Å². The van der Waals surface area contributed by atoms with Gasteiger partial charge in [-0.15, -0.1) is 0 Å². The maximum absolute atomic E-state index is 5.99. The van der Waals surface area contributed by atoms with Crippen LogP contribution in [-0.2, 0) is 13.1 Å². The lowest BCUT2D eigenvalue weighted by molar-refractivity contribution is 0.333. The molecule has 5 heteroatoms. The summed E-state index contributed by atoms with van der Waals surface area (Å²) < 4.78 is 7.70. The molecule has 2 rings (SSSR count). The van der Waals surface area contributed by atoms with E-state index in [1.807, 2.05) is 31.2 Å². The first-order valence-corrected chi connectivity index (χ1v) is 8.62. The first kappa shape index (κ1) is 16.8. The quantitative estimate of drug-likeness (QED) is 0.645. The van der Waals surface area contributed by atoms with Crippen LogP contribution in [0.2, 0.25) is 5.02 Å². The number of benzene rings is 2. The highest BCUT2D eigenvalue weighted by Gasteiger charge is 2.09. The van der Waals surface area contributed by atoms with E-state index in [2.05, 4.69) is 49.3 Å². The summed E-state index contributed by atoms with van der Waals surface area (Å²) in [7, 11) is 0. The van der Waals surface area contributed by atoms with E-state index in [0.717, 1.165) is 43.9 Å². The van der Waals surface area contributed by atoms with Crippen LogP contribution < -0.4 is 10.1 Å². The van der Waals surface area contributed by atoms with Gasteiger partial charge in [0.2, 0.25) is 0 Å². The average molecular weight is 434 g/mol. The Hall–Kier alpha value is -0.550. The Labute approximate surface area is 147 Å². The van der Waals surface area contributed by atoms with E-state index >= 15 is 0 Å². The summed E-state index contributed by atoms with van der Waals surface area (Å²) in [5.41, 5.74) is 2.27. The third kappa shape index (κ3) is 4.99. The molecule has 0 amide bonds. The van der Waals surface area contributed by atoms with Gasteiger partial charge in [0.1, 0.15) is 5.75 Å². The minimum Gasteiger partial charge on any atom is -0.492 e. The molecule has 0 spiro atoms. The SMILES string of the molecule is CCOc1c(Br)cc(Br)cc1CNCc1cccc(Cl)c1. The number of ether oxygens (including phenoxy) is 1. The van der Waals surface area contributed by atoms with Crippen molar-refractivity contribution in [1.82, 2.24) is 5.32 Å². The average Bonchev–Trinajstić information content (AvgIpc) is 2.42. The molecule has 0 aromatic heterocycles. The minimum atomic E-state index is 0.640. The molecule has 0 saturated carbocycles. The van der Waals surface area contributed by atoms with Gasteiger partial charge in [0.25, 0.3) is 0 Å². The summed E-state index contributed by atoms with van der Waals surface area (Å²) in [4.78, 5) is 0. The molecule has 0 aliphatic rings. The highest BCUT2D eigenvalue weighted by Crippen LogP contribution is 2.33. The Bertz CT molecular complexity index is 619. The molecule has 0 atom stereocenters. The summed E-state index contributed by atoms with van der Waals surface area (Å²) >= 11 is 13.0. The van der Waals surface area contributed by atoms with Gasteiger partial charge < -0.3 is 10.1 Å². The second kappa shape index (κ2) is 8.18. The molecule has 21 heavy (non-hydrogen) atoms. The summed E-state index contributed by atoms with van der Waals surface area (Å²) in [5, 5.41) is 4.18. The van der Waals surface area contributed by atoms with Crippen molar-refractivity contribution in [2.24, 2.45) is 0 Å². The zero-order chi connectivity index (χ0) is 15.2. The summed E-state index contributed by atoms with van der Waals surface area (Å²) in [6, 6.07) is 11.9. The fourth-order valence-electron chi connectivity index (χ4n) is 2.04. The van der Waals surface area contributed by atoms with Crippen LogP contribution in [0.4, 0.5) is 0 Å². The Kier molecular flexibility index (Phi) is 6.55. The minimum absolute atomic E-state index is 0.640. The number of hydrogen-bond acceptors (Lipinski definition) is 2. The molecular formula is C16H16Br2ClNO. The molecule has 2 aromatic rings. The van der Waals surface area contributed by atoms with Crippen molar-refractivity contribution >= 4 is 43.5 Å². The first-order chi connectivity index (χ1) is 10.1. The molecule has 1 N–H and O–H groups in total. The van der Waals surface area contributed by atoms with Crippen LogP contribution in [0.1, 0.15) is 18.1 Å². The second-order valence-electron chi connectivity index (χ2n) is 4.54. The molecule has 0 unspecified atom stereocenters. The molecule has 2 nitrogen and oxygen atoms in total. The van der Waals surface area contributed by atoms with E-state index in [0.29, 0.717) is 6.61 Å². The van der Waals surface area contributed by atoms with Crippen LogP contribution in [-0.4, -0.2) is 6.61 Å². The summed E-state index contributed by atoms with van der Waals surface area (Å²) in [5.74, 6) is 0.888. The molecular weight excluding hydrogens is 417 g/mol. The van der Waals surface area contributed by atoms with E-state index in [1.165, 1.54) is 0 Å². The van der Waals surface area contributed by atoms with Gasteiger partial charge >= 0.3 is 0 Å². The first-order valence-electron chi connectivity index (χ1n) is 6.66. The molecule has 0 aliphatic carbocycles. The third-order valence-electron chi connectivity index (χ3n) is 2.91. The molecule has 0 fully saturated rings. The molecule has 0 aliphatic heterocycles. The number of hydrogen-bond donors (Lipinski definition) is 1. The molecule has 0 radical (unpaired) electrons. The topological polar surface area (TPSA) is 21.3 Å². The van der Waals surface area contributed by atoms with Crippen molar-refractivity contribution < 1.29 is 4.74 Å². The van der Waals surface area contributed by atoms with Crippen LogP contribution in [0.25, 0.3) is 0 Å². The predicted molar refractivity (Wildman–Crippen MR) is 95.0 cm³/mol. The Morgan fingerprint density at radius 2 is 1.95 bits per heavy atom. The molecule has 0 bridgehead atoms. The van der Waals surface area contributed by atoms with Gasteiger partial charge in [-0.25, -0.2) is 0 Å². The van der Waals surface area contributed by atoms with E-state index in [1.54, 1.807) is 0 Å². The van der Waals surface area contributed by atoms with Crippen molar-refractivity contribution in [1.29, 1.82) is 0 Å². The van der Waals surface area contributed by atoms with E-state index in [4.69, 9.17) is 16.3 Å². The lowest BCUT2D eigenvalue weighted by Crippen LogP contribution is -2.14. The van der Waals surface area contributed by atoms with Gasteiger partial charge in [-0.2, -0.15) is 0 Å². The summed E-state index contributed by atoms with van der Waals surface area (Å²) in [6.45, 7) is 4.11. The maximum Gasteiger partial charge on any atom is 0.138 e. The highest BCUT2D eigenvalue weighted by molar-refractivity contribution is 9.11. The lowest BCUT2D eigenvalue weighted by Gasteiger charge is -2.14. The van der Waals surface area contributed by atoms with Crippen LogP contribution in [0.5, 0.6) is 5.75 Å². The molecule has 112 valence electrons. The second-order valence-corrected chi connectivity index (χ2v) is 6.75. The number of rotatable bonds is 6. The van der Waals surface area contributed by atoms with Crippen LogP contribution in [0, 0.1) is 0 Å². The van der Waals surface area contributed by atoms with Gasteiger partial charge in [0.05, 0.1) is 11.1 Å². The van der Waals surface area contributed by atoms with Gasteiger partial charge in [-0.3, -0.25) is 0 Å². The molecule has 0 heterocycles. The lowest BCUT2D eigenvalue weighted by atomic mass is 10.2. The van der Waals surface area contributed by atoms with Crippen molar-refractivity contribution in [3.8, 4) is 5.75 Å². The number of halogens is 3.